The van der Waals surface area contributed by atoms with Crippen molar-refractivity contribution < 1.29 is 0 Å². The Hall–Kier alpha value is 0.1000. The standard InChI is InChI=1S/C7H10N2S2.ClH/c1-2-9-11-10-7-5-3-4-6-8-7;/h3-6,9H,2H2,1H3;1H. The first-order valence-corrected chi connectivity index (χ1v) is 5.56. The summed E-state index contributed by atoms with van der Waals surface area (Å²) in [4.78, 5) is 4.15. The van der Waals surface area contributed by atoms with Gasteiger partial charge >= 0.3 is 0 Å². The second-order valence-electron chi connectivity index (χ2n) is 1.83. The van der Waals surface area contributed by atoms with E-state index in [1.165, 1.54) is 0 Å². The summed E-state index contributed by atoms with van der Waals surface area (Å²) in [5.41, 5.74) is 0. The lowest BCUT2D eigenvalue weighted by atomic mass is 10.5. The van der Waals surface area contributed by atoms with Gasteiger partial charge in [0.2, 0.25) is 0 Å². The van der Waals surface area contributed by atoms with Crippen molar-refractivity contribution in [3.05, 3.63) is 24.4 Å². The van der Waals surface area contributed by atoms with E-state index >= 15 is 0 Å². The van der Waals surface area contributed by atoms with Crippen LogP contribution >= 0.6 is 34.2 Å². The fourth-order valence-electron chi connectivity index (χ4n) is 0.527. The number of nitrogens with one attached hydrogen (secondary N) is 1. The SMILES string of the molecule is CCNSSc1ccccn1.Cl. The van der Waals surface area contributed by atoms with Gasteiger partial charge in [-0.25, -0.2) is 4.98 Å². The van der Waals surface area contributed by atoms with Crippen LogP contribution in [0, 0.1) is 0 Å². The van der Waals surface area contributed by atoms with Crippen molar-refractivity contribution in [2.24, 2.45) is 0 Å². The number of aromatic nitrogens is 1. The Morgan fingerprint density at radius 3 is 2.92 bits per heavy atom. The van der Waals surface area contributed by atoms with Gasteiger partial charge in [-0.1, -0.05) is 13.0 Å². The summed E-state index contributed by atoms with van der Waals surface area (Å²) >= 11 is 0. The smallest absolute Gasteiger partial charge is 0.108 e. The fourth-order valence-corrected chi connectivity index (χ4v) is 2.11. The van der Waals surface area contributed by atoms with Gasteiger partial charge in [-0.15, -0.1) is 12.4 Å². The van der Waals surface area contributed by atoms with Gasteiger partial charge in [0.05, 0.1) is 0 Å². The molecule has 5 heteroatoms. The molecule has 1 N–H and O–H groups in total. The van der Waals surface area contributed by atoms with Gasteiger partial charge in [0, 0.05) is 12.7 Å². The summed E-state index contributed by atoms with van der Waals surface area (Å²) in [5.74, 6) is 0. The highest BCUT2D eigenvalue weighted by Crippen LogP contribution is 2.25. The molecule has 68 valence electrons. The Bertz CT molecular complexity index is 196. The van der Waals surface area contributed by atoms with Crippen LogP contribution in [0.2, 0.25) is 0 Å². The normalized spacial score (nSPS) is 9.08. The largest absolute Gasteiger partial charge is 0.255 e. The Kier molecular flexibility index (Phi) is 7.80. The number of nitrogens with zero attached hydrogens (tertiary/aromatic N) is 1. The summed E-state index contributed by atoms with van der Waals surface area (Å²) in [7, 11) is 3.25. The van der Waals surface area contributed by atoms with Gasteiger partial charge in [0.1, 0.15) is 5.03 Å². The van der Waals surface area contributed by atoms with E-state index in [2.05, 4.69) is 16.6 Å². The number of rotatable bonds is 4. The van der Waals surface area contributed by atoms with Crippen LogP contribution in [0.1, 0.15) is 6.92 Å². The number of hydrogen-bond acceptors (Lipinski definition) is 4. The molecule has 1 rings (SSSR count). The molecule has 2 nitrogen and oxygen atoms in total. The maximum Gasteiger partial charge on any atom is 0.108 e. The van der Waals surface area contributed by atoms with E-state index in [1.54, 1.807) is 28.0 Å². The highest BCUT2D eigenvalue weighted by atomic mass is 35.5. The van der Waals surface area contributed by atoms with Gasteiger partial charge in [-0.2, -0.15) is 0 Å². The van der Waals surface area contributed by atoms with Gasteiger partial charge in [0.15, 0.2) is 0 Å². The Labute approximate surface area is 86.9 Å². The topological polar surface area (TPSA) is 24.9 Å². The second kappa shape index (κ2) is 7.73. The van der Waals surface area contributed by atoms with E-state index in [4.69, 9.17) is 0 Å². The molecule has 0 radical (unpaired) electrons. The van der Waals surface area contributed by atoms with E-state index in [9.17, 15) is 0 Å². The quantitative estimate of drug-likeness (QED) is 0.481. The molecule has 0 spiro atoms. The predicted octanol–water partition coefficient (Wildman–Crippen LogP) is 2.77. The lowest BCUT2D eigenvalue weighted by molar-refractivity contribution is 1.04. The van der Waals surface area contributed by atoms with Crippen LogP contribution in [0.3, 0.4) is 0 Å². The van der Waals surface area contributed by atoms with Crippen molar-refractivity contribution >= 4 is 34.2 Å². The third kappa shape index (κ3) is 4.87. The van der Waals surface area contributed by atoms with Crippen LogP contribution in [-0.2, 0) is 0 Å². The molecule has 1 aromatic rings. The molecule has 0 atom stereocenters. The molecule has 1 aromatic heterocycles. The van der Waals surface area contributed by atoms with E-state index in [0.717, 1.165) is 11.6 Å². The summed E-state index contributed by atoms with van der Waals surface area (Å²) in [6.45, 7) is 3.05. The molecule has 0 saturated carbocycles. The van der Waals surface area contributed by atoms with Crippen LogP contribution in [0.25, 0.3) is 0 Å². The molecule has 1 heterocycles. The average Bonchev–Trinajstić information content (AvgIpc) is 2.07. The summed E-state index contributed by atoms with van der Waals surface area (Å²) in [6.07, 6.45) is 1.80. The molecule has 0 fully saturated rings. The molecule has 0 aromatic carbocycles. The Morgan fingerprint density at radius 1 is 1.50 bits per heavy atom. The van der Waals surface area contributed by atoms with Gasteiger partial charge < -0.3 is 0 Å². The minimum atomic E-state index is 0. The number of pyridine rings is 1. The van der Waals surface area contributed by atoms with Crippen LogP contribution < -0.4 is 4.72 Å². The fraction of sp³-hybridized carbons (Fsp3) is 0.286. The van der Waals surface area contributed by atoms with E-state index in [-0.39, 0.29) is 12.4 Å². The highest BCUT2D eigenvalue weighted by Gasteiger charge is 1.91. The summed E-state index contributed by atoms with van der Waals surface area (Å²) in [6, 6.07) is 5.90. The minimum Gasteiger partial charge on any atom is -0.255 e. The molecule has 0 aliphatic carbocycles. The number of hydrogen-bond donors (Lipinski definition) is 1. The molecular weight excluding hydrogens is 212 g/mol. The van der Waals surface area contributed by atoms with Crippen molar-refractivity contribution in [3.63, 3.8) is 0 Å². The van der Waals surface area contributed by atoms with Gasteiger partial charge in [0.25, 0.3) is 0 Å². The molecule has 0 aliphatic heterocycles. The van der Waals surface area contributed by atoms with Crippen LogP contribution in [0.5, 0.6) is 0 Å². The summed E-state index contributed by atoms with van der Waals surface area (Å²) in [5, 5.41) is 1.04. The molecule has 0 unspecified atom stereocenters. The van der Waals surface area contributed by atoms with E-state index in [0.29, 0.717) is 0 Å². The zero-order valence-electron chi connectivity index (χ0n) is 6.69. The zero-order valence-corrected chi connectivity index (χ0v) is 9.14. The molecule has 0 saturated heterocycles. The van der Waals surface area contributed by atoms with Crippen molar-refractivity contribution in [3.8, 4) is 0 Å². The minimum absolute atomic E-state index is 0. The average molecular weight is 223 g/mol. The Morgan fingerprint density at radius 2 is 2.33 bits per heavy atom. The first-order valence-electron chi connectivity index (χ1n) is 3.41. The monoisotopic (exact) mass is 222 g/mol. The molecule has 0 aliphatic rings. The summed E-state index contributed by atoms with van der Waals surface area (Å²) < 4.78 is 3.14. The Balaban J connectivity index is 0.00000121. The molecule has 0 amide bonds. The highest BCUT2D eigenvalue weighted by molar-refractivity contribution is 8.76. The number of halogens is 1. The molecular formula is C7H11ClN2S2. The lowest BCUT2D eigenvalue weighted by Gasteiger charge is -1.97. The predicted molar refractivity (Wildman–Crippen MR) is 58.6 cm³/mol. The van der Waals surface area contributed by atoms with Gasteiger partial charge in [-0.3, -0.25) is 4.72 Å². The molecule has 12 heavy (non-hydrogen) atoms. The third-order valence-electron chi connectivity index (χ3n) is 0.968. The molecule has 0 bridgehead atoms. The van der Waals surface area contributed by atoms with Crippen molar-refractivity contribution in [2.75, 3.05) is 6.54 Å². The third-order valence-corrected chi connectivity index (χ3v) is 2.99. The zero-order chi connectivity index (χ0) is 7.94. The second-order valence-corrected chi connectivity index (χ2v) is 3.87. The van der Waals surface area contributed by atoms with Crippen LogP contribution in [0.15, 0.2) is 29.4 Å². The van der Waals surface area contributed by atoms with Crippen LogP contribution in [-0.4, -0.2) is 11.5 Å². The van der Waals surface area contributed by atoms with E-state index < -0.39 is 0 Å². The maximum atomic E-state index is 4.15. The lowest BCUT2D eigenvalue weighted by Crippen LogP contribution is -1.97. The first kappa shape index (κ1) is 12.1. The van der Waals surface area contributed by atoms with Crippen molar-refractivity contribution in [1.82, 2.24) is 9.71 Å². The first-order chi connectivity index (χ1) is 5.43. The van der Waals surface area contributed by atoms with Crippen LogP contribution in [0.4, 0.5) is 0 Å². The van der Waals surface area contributed by atoms with Gasteiger partial charge in [-0.05, 0) is 33.9 Å². The maximum absolute atomic E-state index is 4.15. The van der Waals surface area contributed by atoms with E-state index in [1.807, 2.05) is 18.2 Å². The van der Waals surface area contributed by atoms with Crippen molar-refractivity contribution in [2.45, 2.75) is 11.9 Å². The van der Waals surface area contributed by atoms with Crippen molar-refractivity contribution in [1.29, 1.82) is 0 Å².